The predicted molar refractivity (Wildman–Crippen MR) is 97.9 cm³/mol. The van der Waals surface area contributed by atoms with Gasteiger partial charge in [-0.05, 0) is 42.0 Å². The van der Waals surface area contributed by atoms with E-state index >= 15 is 0 Å². The van der Waals surface area contributed by atoms with Crippen molar-refractivity contribution >= 4 is 29.2 Å². The van der Waals surface area contributed by atoms with Crippen molar-refractivity contribution < 1.29 is 22.6 Å². The lowest BCUT2D eigenvalue weighted by atomic mass is 10.1. The maximum atomic E-state index is 12.5. The lowest BCUT2D eigenvalue weighted by Gasteiger charge is -2.11. The molecule has 5 nitrogen and oxygen atoms in total. The molecule has 9 heteroatoms. The van der Waals surface area contributed by atoms with Crippen molar-refractivity contribution in [1.29, 1.82) is 0 Å². The molecule has 0 aromatic heterocycles. The number of halogens is 3. The maximum Gasteiger partial charge on any atom is 0.416 e. The van der Waals surface area contributed by atoms with Gasteiger partial charge in [-0.2, -0.15) is 18.3 Å². The van der Waals surface area contributed by atoms with Crippen molar-refractivity contribution in [2.24, 2.45) is 5.10 Å². The third-order valence-electron chi connectivity index (χ3n) is 3.26. The van der Waals surface area contributed by atoms with Crippen LogP contribution in [0.5, 0.6) is 11.5 Å². The summed E-state index contributed by atoms with van der Waals surface area (Å²) < 4.78 is 47.8. The average molecular weight is 383 g/mol. The molecule has 2 aromatic carbocycles. The van der Waals surface area contributed by atoms with Gasteiger partial charge in [0.1, 0.15) is 0 Å². The molecule has 0 aliphatic rings. The van der Waals surface area contributed by atoms with Crippen LogP contribution in [-0.2, 0) is 6.18 Å². The Morgan fingerprint density at radius 3 is 2.27 bits per heavy atom. The topological polar surface area (TPSA) is 54.9 Å². The minimum absolute atomic E-state index is 0.209. The Morgan fingerprint density at radius 2 is 1.69 bits per heavy atom. The second kappa shape index (κ2) is 8.52. The van der Waals surface area contributed by atoms with Crippen LogP contribution in [0, 0.1) is 0 Å². The number of nitrogens with zero attached hydrogens (tertiary/aromatic N) is 1. The Hall–Kier alpha value is -2.81. The van der Waals surface area contributed by atoms with Gasteiger partial charge in [0, 0.05) is 11.8 Å². The van der Waals surface area contributed by atoms with Crippen LogP contribution < -0.4 is 20.2 Å². The van der Waals surface area contributed by atoms with Crippen LogP contribution in [0.2, 0.25) is 0 Å². The third kappa shape index (κ3) is 5.35. The number of methoxy groups -OCH3 is 2. The molecular formula is C17H16F3N3O2S. The summed E-state index contributed by atoms with van der Waals surface area (Å²) >= 11 is 5.10. The fourth-order valence-corrected chi connectivity index (χ4v) is 2.17. The number of benzene rings is 2. The first-order valence-electron chi connectivity index (χ1n) is 7.33. The molecule has 0 atom stereocenters. The molecule has 26 heavy (non-hydrogen) atoms. The number of ether oxygens (including phenoxy) is 2. The van der Waals surface area contributed by atoms with Gasteiger partial charge in [0.05, 0.1) is 26.0 Å². The van der Waals surface area contributed by atoms with E-state index in [0.717, 1.165) is 12.1 Å². The molecule has 0 aliphatic carbocycles. The number of thiocarbonyl (C=S) groups is 1. The van der Waals surface area contributed by atoms with E-state index in [1.807, 2.05) is 0 Å². The smallest absolute Gasteiger partial charge is 0.416 e. The number of rotatable bonds is 5. The number of hydrogen-bond acceptors (Lipinski definition) is 4. The molecule has 0 radical (unpaired) electrons. The zero-order valence-electron chi connectivity index (χ0n) is 13.9. The summed E-state index contributed by atoms with van der Waals surface area (Å²) in [7, 11) is 3.06. The Bertz CT molecular complexity index is 793. The van der Waals surface area contributed by atoms with Gasteiger partial charge in [0.2, 0.25) is 0 Å². The van der Waals surface area contributed by atoms with Crippen LogP contribution in [0.25, 0.3) is 0 Å². The molecule has 2 N–H and O–H groups in total. The first kappa shape index (κ1) is 19.5. The van der Waals surface area contributed by atoms with Crippen LogP contribution in [-0.4, -0.2) is 25.5 Å². The van der Waals surface area contributed by atoms with Crippen molar-refractivity contribution in [3.63, 3.8) is 0 Å². The second-order valence-electron chi connectivity index (χ2n) is 5.01. The Labute approximate surface area is 153 Å². The van der Waals surface area contributed by atoms with E-state index in [-0.39, 0.29) is 5.11 Å². The monoisotopic (exact) mass is 383 g/mol. The molecular weight excluding hydrogens is 367 g/mol. The summed E-state index contributed by atoms with van der Waals surface area (Å²) in [5.74, 6) is 1.12. The Kier molecular flexibility index (Phi) is 6.40. The molecule has 0 fully saturated rings. The van der Waals surface area contributed by atoms with Crippen LogP contribution in [0.4, 0.5) is 18.9 Å². The highest BCUT2D eigenvalue weighted by atomic mass is 32.1. The zero-order chi connectivity index (χ0) is 19.2. The Balaban J connectivity index is 1.93. The van der Waals surface area contributed by atoms with Gasteiger partial charge in [-0.25, -0.2) is 0 Å². The van der Waals surface area contributed by atoms with Gasteiger partial charge < -0.3 is 14.8 Å². The van der Waals surface area contributed by atoms with Crippen molar-refractivity contribution in [2.45, 2.75) is 6.18 Å². The lowest BCUT2D eigenvalue weighted by Crippen LogP contribution is -2.23. The quantitative estimate of drug-likeness (QED) is 0.464. The SMILES string of the molecule is COc1ccc(NC(=S)N/N=C\c2ccc(C(F)(F)F)cc2)cc1OC. The summed E-state index contributed by atoms with van der Waals surface area (Å²) in [5, 5.41) is 7.00. The molecule has 0 spiro atoms. The summed E-state index contributed by atoms with van der Waals surface area (Å²) in [6, 6.07) is 9.78. The van der Waals surface area contributed by atoms with Crippen molar-refractivity contribution in [3.8, 4) is 11.5 Å². The highest BCUT2D eigenvalue weighted by Gasteiger charge is 2.29. The van der Waals surface area contributed by atoms with Gasteiger partial charge in [-0.1, -0.05) is 12.1 Å². The van der Waals surface area contributed by atoms with E-state index in [0.29, 0.717) is 22.7 Å². The second-order valence-corrected chi connectivity index (χ2v) is 5.42. The molecule has 0 saturated carbocycles. The van der Waals surface area contributed by atoms with E-state index in [1.165, 1.54) is 32.6 Å². The minimum atomic E-state index is -4.36. The van der Waals surface area contributed by atoms with E-state index in [4.69, 9.17) is 21.7 Å². The lowest BCUT2D eigenvalue weighted by molar-refractivity contribution is -0.137. The minimum Gasteiger partial charge on any atom is -0.493 e. The Morgan fingerprint density at radius 1 is 1.04 bits per heavy atom. The fraction of sp³-hybridized carbons (Fsp3) is 0.176. The molecule has 0 aliphatic heterocycles. The zero-order valence-corrected chi connectivity index (χ0v) is 14.7. The van der Waals surface area contributed by atoms with Gasteiger partial charge >= 0.3 is 6.18 Å². The number of nitrogens with one attached hydrogen (secondary N) is 2. The van der Waals surface area contributed by atoms with Gasteiger partial charge in [0.25, 0.3) is 0 Å². The highest BCUT2D eigenvalue weighted by molar-refractivity contribution is 7.80. The average Bonchev–Trinajstić information content (AvgIpc) is 2.61. The molecule has 0 saturated heterocycles. The summed E-state index contributed by atoms with van der Waals surface area (Å²) in [5.41, 5.74) is 3.03. The largest absolute Gasteiger partial charge is 0.493 e. The summed E-state index contributed by atoms with van der Waals surface area (Å²) in [4.78, 5) is 0. The molecule has 0 unspecified atom stereocenters. The first-order chi connectivity index (χ1) is 12.3. The van der Waals surface area contributed by atoms with Crippen molar-refractivity contribution in [2.75, 3.05) is 19.5 Å². The van der Waals surface area contributed by atoms with Gasteiger partial charge in [-0.15, -0.1) is 0 Å². The van der Waals surface area contributed by atoms with E-state index in [1.54, 1.807) is 18.2 Å². The van der Waals surface area contributed by atoms with E-state index in [9.17, 15) is 13.2 Å². The normalized spacial score (nSPS) is 11.3. The number of hydrazone groups is 1. The van der Waals surface area contributed by atoms with Crippen LogP contribution in [0.1, 0.15) is 11.1 Å². The van der Waals surface area contributed by atoms with Crippen LogP contribution in [0.15, 0.2) is 47.6 Å². The van der Waals surface area contributed by atoms with Gasteiger partial charge in [0.15, 0.2) is 16.6 Å². The number of anilines is 1. The highest BCUT2D eigenvalue weighted by Crippen LogP contribution is 2.30. The van der Waals surface area contributed by atoms with Crippen molar-refractivity contribution in [1.82, 2.24) is 5.43 Å². The van der Waals surface area contributed by atoms with Crippen LogP contribution in [0.3, 0.4) is 0 Å². The molecule has 2 rings (SSSR count). The standard InChI is InChI=1S/C17H16F3N3O2S/c1-24-14-8-7-13(9-15(14)25-2)22-16(26)23-21-10-11-3-5-12(6-4-11)17(18,19)20/h3-10H,1-2H3,(H2,22,23,26)/b21-10-. The summed E-state index contributed by atoms with van der Waals surface area (Å²) in [6.07, 6.45) is -3.00. The molecule has 0 heterocycles. The molecule has 2 aromatic rings. The third-order valence-corrected chi connectivity index (χ3v) is 3.45. The molecule has 0 bridgehead atoms. The van der Waals surface area contributed by atoms with E-state index < -0.39 is 11.7 Å². The predicted octanol–water partition coefficient (Wildman–Crippen LogP) is 4.04. The van der Waals surface area contributed by atoms with Crippen LogP contribution >= 0.6 is 12.2 Å². The van der Waals surface area contributed by atoms with E-state index in [2.05, 4.69) is 15.8 Å². The molecule has 0 amide bonds. The summed E-state index contributed by atoms with van der Waals surface area (Å²) in [6.45, 7) is 0. The number of alkyl halides is 3. The maximum absolute atomic E-state index is 12.5. The fourth-order valence-electron chi connectivity index (χ4n) is 2.00. The number of hydrogen-bond donors (Lipinski definition) is 2. The van der Waals surface area contributed by atoms with Gasteiger partial charge in [-0.3, -0.25) is 5.43 Å². The van der Waals surface area contributed by atoms with Crippen molar-refractivity contribution in [3.05, 3.63) is 53.6 Å². The first-order valence-corrected chi connectivity index (χ1v) is 7.73. The molecule has 138 valence electrons.